The lowest BCUT2D eigenvalue weighted by atomic mass is 10.0. The maximum absolute atomic E-state index is 5.46. The molecule has 0 amide bonds. The van der Waals surface area contributed by atoms with E-state index in [9.17, 15) is 0 Å². The SMILES string of the molecule is COc1c(C)cc(C)cc1-c1ccnc(C)n1. The van der Waals surface area contributed by atoms with Gasteiger partial charge in [0.1, 0.15) is 11.6 Å². The van der Waals surface area contributed by atoms with E-state index < -0.39 is 0 Å². The quantitative estimate of drug-likeness (QED) is 0.792. The molecule has 0 aliphatic carbocycles. The number of hydrogen-bond donors (Lipinski definition) is 0. The fourth-order valence-corrected chi connectivity index (χ4v) is 2.02. The third-order valence-electron chi connectivity index (χ3n) is 2.68. The molecule has 0 bridgehead atoms. The van der Waals surface area contributed by atoms with Crippen LogP contribution in [0.2, 0.25) is 0 Å². The van der Waals surface area contributed by atoms with Gasteiger partial charge in [-0.1, -0.05) is 6.07 Å². The monoisotopic (exact) mass is 228 g/mol. The van der Waals surface area contributed by atoms with Gasteiger partial charge < -0.3 is 4.74 Å². The van der Waals surface area contributed by atoms with Crippen LogP contribution in [0.5, 0.6) is 5.75 Å². The molecule has 0 atom stereocenters. The van der Waals surface area contributed by atoms with Crippen molar-refractivity contribution in [3.8, 4) is 17.0 Å². The minimum Gasteiger partial charge on any atom is -0.496 e. The molecular formula is C14H16N2O. The number of aromatic nitrogens is 2. The Morgan fingerprint density at radius 3 is 2.53 bits per heavy atom. The Morgan fingerprint density at radius 1 is 1.12 bits per heavy atom. The van der Waals surface area contributed by atoms with E-state index >= 15 is 0 Å². The second-order valence-electron chi connectivity index (χ2n) is 4.15. The topological polar surface area (TPSA) is 35.0 Å². The number of aryl methyl sites for hydroxylation is 3. The highest BCUT2D eigenvalue weighted by molar-refractivity contribution is 5.70. The van der Waals surface area contributed by atoms with Gasteiger partial charge in [-0.05, 0) is 44.0 Å². The molecule has 88 valence electrons. The molecule has 0 fully saturated rings. The van der Waals surface area contributed by atoms with Gasteiger partial charge in [-0.3, -0.25) is 0 Å². The van der Waals surface area contributed by atoms with Crippen LogP contribution in [-0.2, 0) is 0 Å². The van der Waals surface area contributed by atoms with Crippen molar-refractivity contribution in [2.45, 2.75) is 20.8 Å². The van der Waals surface area contributed by atoms with Crippen molar-refractivity contribution in [3.05, 3.63) is 41.3 Å². The molecule has 17 heavy (non-hydrogen) atoms. The third kappa shape index (κ3) is 2.28. The fourth-order valence-electron chi connectivity index (χ4n) is 2.02. The lowest BCUT2D eigenvalue weighted by molar-refractivity contribution is 0.413. The molecule has 2 aromatic rings. The van der Waals surface area contributed by atoms with E-state index in [2.05, 4.69) is 29.0 Å². The van der Waals surface area contributed by atoms with Crippen LogP contribution in [0.1, 0.15) is 17.0 Å². The first-order chi connectivity index (χ1) is 8.11. The first kappa shape index (κ1) is 11.6. The summed E-state index contributed by atoms with van der Waals surface area (Å²) < 4.78 is 5.46. The Labute approximate surface area is 102 Å². The standard InChI is InChI=1S/C14H16N2O/c1-9-7-10(2)14(17-4)12(8-9)13-5-6-15-11(3)16-13/h5-8H,1-4H3. The molecule has 1 heterocycles. The van der Waals surface area contributed by atoms with Crippen LogP contribution in [0.15, 0.2) is 24.4 Å². The summed E-state index contributed by atoms with van der Waals surface area (Å²) in [6.45, 7) is 6.01. The Morgan fingerprint density at radius 2 is 1.88 bits per heavy atom. The van der Waals surface area contributed by atoms with Crippen molar-refractivity contribution in [1.29, 1.82) is 0 Å². The zero-order chi connectivity index (χ0) is 12.4. The summed E-state index contributed by atoms with van der Waals surface area (Å²) in [5, 5.41) is 0. The molecule has 0 spiro atoms. The minimum atomic E-state index is 0.767. The lowest BCUT2D eigenvalue weighted by Gasteiger charge is -2.12. The summed E-state index contributed by atoms with van der Waals surface area (Å²) in [5.74, 6) is 1.65. The number of rotatable bonds is 2. The molecule has 0 saturated heterocycles. The van der Waals surface area contributed by atoms with Crippen molar-refractivity contribution in [2.75, 3.05) is 7.11 Å². The van der Waals surface area contributed by atoms with Gasteiger partial charge >= 0.3 is 0 Å². The second kappa shape index (κ2) is 4.53. The molecule has 0 radical (unpaired) electrons. The number of benzene rings is 1. The molecule has 0 aliphatic rings. The van der Waals surface area contributed by atoms with Crippen LogP contribution < -0.4 is 4.74 Å². The van der Waals surface area contributed by atoms with Crippen molar-refractivity contribution < 1.29 is 4.74 Å². The number of methoxy groups -OCH3 is 1. The average molecular weight is 228 g/mol. The Bertz CT molecular complexity index is 550. The van der Waals surface area contributed by atoms with E-state index in [1.807, 2.05) is 19.9 Å². The van der Waals surface area contributed by atoms with Gasteiger partial charge in [-0.25, -0.2) is 9.97 Å². The van der Waals surface area contributed by atoms with E-state index in [1.165, 1.54) is 5.56 Å². The molecule has 1 aromatic heterocycles. The Kier molecular flexibility index (Phi) is 3.09. The van der Waals surface area contributed by atoms with Crippen LogP contribution in [0, 0.1) is 20.8 Å². The van der Waals surface area contributed by atoms with E-state index in [0.29, 0.717) is 0 Å². The van der Waals surface area contributed by atoms with Gasteiger partial charge in [-0.2, -0.15) is 0 Å². The summed E-state index contributed by atoms with van der Waals surface area (Å²) in [5.41, 5.74) is 4.25. The highest BCUT2D eigenvalue weighted by Gasteiger charge is 2.10. The molecule has 0 unspecified atom stereocenters. The summed E-state index contributed by atoms with van der Waals surface area (Å²) in [6, 6.07) is 6.10. The molecule has 0 saturated carbocycles. The Hall–Kier alpha value is -1.90. The molecular weight excluding hydrogens is 212 g/mol. The number of ether oxygens (including phenoxy) is 1. The van der Waals surface area contributed by atoms with Crippen LogP contribution in [0.3, 0.4) is 0 Å². The Balaban J connectivity index is 2.65. The average Bonchev–Trinajstić information content (AvgIpc) is 2.28. The van der Waals surface area contributed by atoms with E-state index in [-0.39, 0.29) is 0 Å². The summed E-state index contributed by atoms with van der Waals surface area (Å²) in [4.78, 5) is 8.56. The van der Waals surface area contributed by atoms with E-state index in [4.69, 9.17) is 4.74 Å². The summed E-state index contributed by atoms with van der Waals surface area (Å²) in [7, 11) is 1.69. The predicted molar refractivity (Wildman–Crippen MR) is 68.2 cm³/mol. The van der Waals surface area contributed by atoms with Crippen LogP contribution in [0.25, 0.3) is 11.3 Å². The molecule has 3 nitrogen and oxygen atoms in total. The van der Waals surface area contributed by atoms with Crippen molar-refractivity contribution in [3.63, 3.8) is 0 Å². The van der Waals surface area contributed by atoms with Gasteiger partial charge in [0.2, 0.25) is 0 Å². The maximum Gasteiger partial charge on any atom is 0.131 e. The molecule has 0 aliphatic heterocycles. The number of hydrogen-bond acceptors (Lipinski definition) is 3. The van der Waals surface area contributed by atoms with Crippen LogP contribution in [-0.4, -0.2) is 17.1 Å². The van der Waals surface area contributed by atoms with Gasteiger partial charge in [0.05, 0.1) is 12.8 Å². The van der Waals surface area contributed by atoms with Crippen LogP contribution in [0.4, 0.5) is 0 Å². The van der Waals surface area contributed by atoms with E-state index in [1.54, 1.807) is 13.3 Å². The van der Waals surface area contributed by atoms with Crippen molar-refractivity contribution in [2.24, 2.45) is 0 Å². The fraction of sp³-hybridized carbons (Fsp3) is 0.286. The smallest absolute Gasteiger partial charge is 0.131 e. The molecule has 3 heteroatoms. The van der Waals surface area contributed by atoms with Crippen LogP contribution >= 0.6 is 0 Å². The zero-order valence-electron chi connectivity index (χ0n) is 10.6. The summed E-state index contributed by atoms with van der Waals surface area (Å²) >= 11 is 0. The van der Waals surface area contributed by atoms with Gasteiger partial charge in [-0.15, -0.1) is 0 Å². The van der Waals surface area contributed by atoms with Gasteiger partial charge in [0, 0.05) is 11.8 Å². The van der Waals surface area contributed by atoms with Gasteiger partial charge in [0.25, 0.3) is 0 Å². The second-order valence-corrected chi connectivity index (χ2v) is 4.15. The zero-order valence-corrected chi connectivity index (χ0v) is 10.6. The van der Waals surface area contributed by atoms with E-state index in [0.717, 1.165) is 28.4 Å². The first-order valence-corrected chi connectivity index (χ1v) is 5.57. The largest absolute Gasteiger partial charge is 0.496 e. The summed E-state index contributed by atoms with van der Waals surface area (Å²) in [6.07, 6.45) is 1.77. The highest BCUT2D eigenvalue weighted by atomic mass is 16.5. The first-order valence-electron chi connectivity index (χ1n) is 5.57. The lowest BCUT2D eigenvalue weighted by Crippen LogP contribution is -1.96. The normalized spacial score (nSPS) is 10.4. The third-order valence-corrected chi connectivity index (χ3v) is 2.68. The number of nitrogens with zero attached hydrogens (tertiary/aromatic N) is 2. The predicted octanol–water partition coefficient (Wildman–Crippen LogP) is 3.08. The highest BCUT2D eigenvalue weighted by Crippen LogP contribution is 2.32. The van der Waals surface area contributed by atoms with Gasteiger partial charge in [0.15, 0.2) is 0 Å². The molecule has 2 rings (SSSR count). The molecule has 1 aromatic carbocycles. The minimum absolute atomic E-state index is 0.767. The molecule has 0 N–H and O–H groups in total. The maximum atomic E-state index is 5.46. The van der Waals surface area contributed by atoms with Crippen molar-refractivity contribution in [1.82, 2.24) is 9.97 Å². The van der Waals surface area contributed by atoms with Crippen molar-refractivity contribution >= 4 is 0 Å².